The van der Waals surface area contributed by atoms with Gasteiger partial charge in [-0.1, -0.05) is 23.9 Å². The molecule has 0 spiro atoms. The molecule has 0 aliphatic heterocycles. The van der Waals surface area contributed by atoms with E-state index < -0.39 is 0 Å². The molecule has 0 aliphatic rings. The highest BCUT2D eigenvalue weighted by molar-refractivity contribution is 7.98. The summed E-state index contributed by atoms with van der Waals surface area (Å²) in [6.45, 7) is 0. The van der Waals surface area contributed by atoms with Gasteiger partial charge in [-0.3, -0.25) is 14.2 Å². The summed E-state index contributed by atoms with van der Waals surface area (Å²) in [7, 11) is 1.59. The first kappa shape index (κ1) is 19.6. The number of nitrogens with zero attached hydrogens (tertiary/aromatic N) is 2. The number of halogens is 1. The van der Waals surface area contributed by atoms with Crippen molar-refractivity contribution in [3.63, 3.8) is 0 Å². The Morgan fingerprint density at radius 3 is 2.39 bits per heavy atom. The number of likely N-dealkylation sites (N-methyl/N-ethyl adjacent to an activating group) is 1. The molecule has 0 aliphatic carbocycles. The van der Waals surface area contributed by atoms with Gasteiger partial charge in [-0.2, -0.15) is 0 Å². The summed E-state index contributed by atoms with van der Waals surface area (Å²) in [4.78, 5) is 28.5. The molecule has 1 heterocycles. The number of benzene rings is 2. The van der Waals surface area contributed by atoms with Crippen LogP contribution in [0.4, 0.5) is 10.1 Å². The van der Waals surface area contributed by atoms with E-state index in [0.29, 0.717) is 22.2 Å². The molecule has 8 heteroatoms. The molecule has 144 valence electrons. The first-order valence-corrected chi connectivity index (χ1v) is 9.73. The first-order valence-electron chi connectivity index (χ1n) is 8.50. The van der Waals surface area contributed by atoms with Crippen molar-refractivity contribution in [2.75, 3.05) is 18.6 Å². The smallest absolute Gasteiger partial charge is 0.274 e. The Morgan fingerprint density at radius 1 is 1.11 bits per heavy atom. The summed E-state index contributed by atoms with van der Waals surface area (Å²) < 4.78 is 14.9. The summed E-state index contributed by atoms with van der Waals surface area (Å²) in [6, 6.07) is 12.9. The number of carbonyl (C=O) groups is 2. The third-order valence-electron chi connectivity index (χ3n) is 4.08. The van der Waals surface area contributed by atoms with Gasteiger partial charge in [0.05, 0.1) is 12.6 Å². The Hall–Kier alpha value is -3.13. The number of rotatable bonds is 6. The van der Waals surface area contributed by atoms with Crippen LogP contribution in [0, 0.1) is 5.82 Å². The molecule has 2 aromatic carbocycles. The van der Waals surface area contributed by atoms with Crippen LogP contribution < -0.4 is 10.6 Å². The second-order valence-corrected chi connectivity index (χ2v) is 6.72. The van der Waals surface area contributed by atoms with E-state index in [1.807, 2.05) is 6.26 Å². The fourth-order valence-corrected chi connectivity index (χ4v) is 3.20. The highest BCUT2D eigenvalue weighted by atomic mass is 32.2. The minimum absolute atomic E-state index is 0.0791. The highest BCUT2D eigenvalue weighted by Crippen LogP contribution is 2.23. The maximum absolute atomic E-state index is 13.3. The monoisotopic (exact) mass is 398 g/mol. The van der Waals surface area contributed by atoms with Gasteiger partial charge in [0.25, 0.3) is 5.91 Å². The van der Waals surface area contributed by atoms with Gasteiger partial charge in [-0.25, -0.2) is 9.37 Å². The van der Waals surface area contributed by atoms with Crippen LogP contribution in [0.15, 0.2) is 59.9 Å². The summed E-state index contributed by atoms with van der Waals surface area (Å²) in [6.07, 6.45) is 3.62. The standard InChI is InChI=1S/C20H19FN4O2S/c1-22-18(26)11-13-3-7-15(8-4-13)24-19(27)17-12-23-20(28-2)25(17)16-9-5-14(21)6-10-16/h3-10,12H,11H2,1-2H3,(H,22,26)(H,24,27). The molecule has 1 aromatic heterocycles. The highest BCUT2D eigenvalue weighted by Gasteiger charge is 2.18. The number of thioether (sulfide) groups is 1. The van der Waals surface area contributed by atoms with E-state index in [9.17, 15) is 14.0 Å². The molecule has 0 saturated heterocycles. The molecule has 0 saturated carbocycles. The second-order valence-electron chi connectivity index (χ2n) is 5.94. The van der Waals surface area contributed by atoms with Crippen LogP contribution in [-0.4, -0.2) is 34.7 Å². The molecule has 2 amide bonds. The van der Waals surface area contributed by atoms with Gasteiger partial charge in [0.1, 0.15) is 11.5 Å². The number of nitrogens with one attached hydrogen (secondary N) is 2. The summed E-state index contributed by atoms with van der Waals surface area (Å²) in [5.74, 6) is -0.766. The van der Waals surface area contributed by atoms with Gasteiger partial charge in [0, 0.05) is 18.4 Å². The number of hydrogen-bond donors (Lipinski definition) is 2. The number of imidazole rings is 1. The zero-order valence-corrected chi connectivity index (χ0v) is 16.2. The molecule has 6 nitrogen and oxygen atoms in total. The molecule has 3 aromatic rings. The number of anilines is 1. The lowest BCUT2D eigenvalue weighted by molar-refractivity contribution is -0.119. The fourth-order valence-electron chi connectivity index (χ4n) is 2.65. The Balaban J connectivity index is 1.82. The van der Waals surface area contributed by atoms with Crippen molar-refractivity contribution in [1.29, 1.82) is 0 Å². The quantitative estimate of drug-likeness (QED) is 0.625. The van der Waals surface area contributed by atoms with Gasteiger partial charge >= 0.3 is 0 Å². The average Bonchev–Trinajstić information content (AvgIpc) is 3.14. The molecule has 0 fully saturated rings. The van der Waals surface area contributed by atoms with Gasteiger partial charge in [0.2, 0.25) is 5.91 Å². The van der Waals surface area contributed by atoms with Crippen LogP contribution in [0.3, 0.4) is 0 Å². The molecular weight excluding hydrogens is 379 g/mol. The molecular formula is C20H19FN4O2S. The van der Waals surface area contributed by atoms with Gasteiger partial charge in [0.15, 0.2) is 5.16 Å². The minimum Gasteiger partial charge on any atom is -0.359 e. The van der Waals surface area contributed by atoms with E-state index >= 15 is 0 Å². The molecule has 2 N–H and O–H groups in total. The summed E-state index contributed by atoms with van der Waals surface area (Å²) in [5.41, 5.74) is 2.43. The van der Waals surface area contributed by atoms with Crippen LogP contribution in [-0.2, 0) is 11.2 Å². The van der Waals surface area contributed by atoms with E-state index in [1.165, 1.54) is 30.1 Å². The minimum atomic E-state index is -0.350. The molecule has 0 radical (unpaired) electrons. The van der Waals surface area contributed by atoms with Crippen LogP contribution in [0.1, 0.15) is 16.1 Å². The number of amides is 2. The Labute approximate surface area is 166 Å². The van der Waals surface area contributed by atoms with Crippen LogP contribution in [0.25, 0.3) is 5.69 Å². The van der Waals surface area contributed by atoms with E-state index in [-0.39, 0.29) is 24.1 Å². The topological polar surface area (TPSA) is 76.0 Å². The number of carbonyl (C=O) groups excluding carboxylic acids is 2. The lowest BCUT2D eigenvalue weighted by Gasteiger charge is -2.11. The van der Waals surface area contributed by atoms with E-state index in [0.717, 1.165) is 5.56 Å². The van der Waals surface area contributed by atoms with E-state index in [4.69, 9.17) is 0 Å². The Kier molecular flexibility index (Phi) is 6.10. The maximum Gasteiger partial charge on any atom is 0.274 e. The fraction of sp³-hybridized carbons (Fsp3) is 0.150. The van der Waals surface area contributed by atoms with Gasteiger partial charge in [-0.05, 0) is 48.2 Å². The SMILES string of the molecule is CNC(=O)Cc1ccc(NC(=O)c2cnc(SC)n2-c2ccc(F)cc2)cc1. The van der Waals surface area contributed by atoms with Crippen LogP contribution in [0.5, 0.6) is 0 Å². The first-order chi connectivity index (χ1) is 13.5. The normalized spacial score (nSPS) is 10.5. The third kappa shape index (κ3) is 4.40. The molecule has 28 heavy (non-hydrogen) atoms. The van der Waals surface area contributed by atoms with Gasteiger partial charge in [-0.15, -0.1) is 0 Å². The summed E-state index contributed by atoms with van der Waals surface area (Å²) >= 11 is 1.39. The second kappa shape index (κ2) is 8.71. The predicted octanol–water partition coefficient (Wildman–Crippen LogP) is 3.27. The Morgan fingerprint density at radius 2 is 1.79 bits per heavy atom. The number of hydrogen-bond acceptors (Lipinski definition) is 4. The van der Waals surface area contributed by atoms with Crippen molar-refractivity contribution >= 4 is 29.3 Å². The van der Waals surface area contributed by atoms with Crippen molar-refractivity contribution < 1.29 is 14.0 Å². The maximum atomic E-state index is 13.3. The summed E-state index contributed by atoms with van der Waals surface area (Å²) in [5, 5.41) is 6.02. The van der Waals surface area contributed by atoms with Crippen LogP contribution >= 0.6 is 11.8 Å². The Bertz CT molecular complexity index is 984. The average molecular weight is 398 g/mol. The predicted molar refractivity (Wildman–Crippen MR) is 107 cm³/mol. The van der Waals surface area contributed by atoms with E-state index in [2.05, 4.69) is 15.6 Å². The number of aromatic nitrogens is 2. The largest absolute Gasteiger partial charge is 0.359 e. The third-order valence-corrected chi connectivity index (χ3v) is 4.74. The van der Waals surface area contributed by atoms with Crippen molar-refractivity contribution in [3.05, 3.63) is 71.8 Å². The zero-order valence-electron chi connectivity index (χ0n) is 15.4. The van der Waals surface area contributed by atoms with Crippen molar-refractivity contribution in [2.24, 2.45) is 0 Å². The molecule has 3 rings (SSSR count). The van der Waals surface area contributed by atoms with Crippen molar-refractivity contribution in [1.82, 2.24) is 14.9 Å². The van der Waals surface area contributed by atoms with E-state index in [1.54, 1.807) is 48.0 Å². The van der Waals surface area contributed by atoms with Crippen molar-refractivity contribution in [3.8, 4) is 5.69 Å². The van der Waals surface area contributed by atoms with Crippen molar-refractivity contribution in [2.45, 2.75) is 11.6 Å². The zero-order chi connectivity index (χ0) is 20.1. The molecule has 0 atom stereocenters. The lowest BCUT2D eigenvalue weighted by Crippen LogP contribution is -2.20. The van der Waals surface area contributed by atoms with Gasteiger partial charge < -0.3 is 10.6 Å². The molecule has 0 bridgehead atoms. The lowest BCUT2D eigenvalue weighted by atomic mass is 10.1. The molecule has 0 unspecified atom stereocenters. The van der Waals surface area contributed by atoms with Crippen LogP contribution in [0.2, 0.25) is 0 Å².